The van der Waals surface area contributed by atoms with Gasteiger partial charge in [-0.3, -0.25) is 9.59 Å². The standard InChI is InChI=1S/C34H40ClN3O5.ClH/c1-41-28-21-24(22-29(42-2)30(28)43-3)31(39)38-20-14-33(23-38,25-9-11-27(35)12-10-25)13-17-37-18-15-34(16-19-37,32(36)40)26-7-5-4-6-8-26;/h4-12,21-22H,13-20,23H2,1-3H3,(H2,36,40);1H. The van der Waals surface area contributed by atoms with Crippen molar-refractivity contribution in [2.75, 3.05) is 54.1 Å². The Morgan fingerprint density at radius 3 is 2.00 bits per heavy atom. The first-order chi connectivity index (χ1) is 20.7. The third-order valence-electron chi connectivity index (χ3n) is 9.42. The highest BCUT2D eigenvalue weighted by Crippen LogP contribution is 2.42. The van der Waals surface area contributed by atoms with Crippen molar-refractivity contribution in [2.24, 2.45) is 5.73 Å². The molecule has 0 spiro atoms. The van der Waals surface area contributed by atoms with Crippen LogP contribution in [0.2, 0.25) is 5.02 Å². The van der Waals surface area contributed by atoms with Crippen molar-refractivity contribution in [2.45, 2.75) is 36.5 Å². The number of methoxy groups -OCH3 is 3. The second kappa shape index (κ2) is 14.1. The summed E-state index contributed by atoms with van der Waals surface area (Å²) in [5, 5.41) is 0.682. The van der Waals surface area contributed by atoms with E-state index in [9.17, 15) is 9.59 Å². The fraction of sp³-hybridized carbons (Fsp3) is 0.412. The zero-order chi connectivity index (χ0) is 30.6. The lowest BCUT2D eigenvalue weighted by Gasteiger charge is -2.41. The summed E-state index contributed by atoms with van der Waals surface area (Å²) < 4.78 is 16.4. The first-order valence-electron chi connectivity index (χ1n) is 14.7. The van der Waals surface area contributed by atoms with Gasteiger partial charge >= 0.3 is 0 Å². The number of nitrogens with two attached hydrogens (primary N) is 1. The highest BCUT2D eigenvalue weighted by molar-refractivity contribution is 6.30. The Balaban J connectivity index is 0.00000442. The van der Waals surface area contributed by atoms with Crippen LogP contribution in [0.1, 0.15) is 47.2 Å². The number of halogens is 2. The van der Waals surface area contributed by atoms with Gasteiger partial charge in [0.1, 0.15) is 0 Å². The van der Waals surface area contributed by atoms with Crippen LogP contribution in [-0.2, 0) is 15.6 Å². The zero-order valence-corrected chi connectivity index (χ0v) is 27.1. The van der Waals surface area contributed by atoms with Gasteiger partial charge in [0.15, 0.2) is 11.5 Å². The van der Waals surface area contributed by atoms with E-state index in [1.165, 1.54) is 5.56 Å². The van der Waals surface area contributed by atoms with E-state index in [2.05, 4.69) is 17.0 Å². The van der Waals surface area contributed by atoms with E-state index >= 15 is 0 Å². The quantitative estimate of drug-likeness (QED) is 0.315. The molecule has 2 amide bonds. The fourth-order valence-corrected chi connectivity index (χ4v) is 6.91. The SMILES string of the molecule is COc1cc(C(=O)N2CCC(CCN3CCC(C(N)=O)(c4ccccc4)CC3)(c3ccc(Cl)cc3)C2)cc(OC)c1OC.Cl. The Labute approximate surface area is 270 Å². The number of hydrogen-bond donors (Lipinski definition) is 1. The lowest BCUT2D eigenvalue weighted by atomic mass is 9.71. The minimum absolute atomic E-state index is 0. The molecule has 0 bridgehead atoms. The summed E-state index contributed by atoms with van der Waals surface area (Å²) in [4.78, 5) is 30.8. The predicted molar refractivity (Wildman–Crippen MR) is 175 cm³/mol. The molecule has 10 heteroatoms. The molecule has 0 radical (unpaired) electrons. The van der Waals surface area contributed by atoms with E-state index in [-0.39, 0.29) is 29.6 Å². The van der Waals surface area contributed by atoms with Gasteiger partial charge in [0, 0.05) is 29.1 Å². The minimum atomic E-state index is -0.636. The number of hydrogen-bond acceptors (Lipinski definition) is 6. The second-order valence-corrected chi connectivity index (χ2v) is 12.0. The van der Waals surface area contributed by atoms with E-state index in [0.29, 0.717) is 53.8 Å². The largest absolute Gasteiger partial charge is 0.493 e. The molecule has 44 heavy (non-hydrogen) atoms. The monoisotopic (exact) mass is 641 g/mol. The molecule has 2 aliphatic rings. The average Bonchev–Trinajstić information content (AvgIpc) is 3.49. The number of likely N-dealkylation sites (tertiary alicyclic amines) is 2. The van der Waals surface area contributed by atoms with Crippen molar-refractivity contribution >= 4 is 35.8 Å². The molecule has 3 aromatic rings. The molecule has 3 aromatic carbocycles. The number of piperidine rings is 1. The Morgan fingerprint density at radius 1 is 0.841 bits per heavy atom. The van der Waals surface area contributed by atoms with Gasteiger partial charge in [-0.2, -0.15) is 0 Å². The van der Waals surface area contributed by atoms with Crippen LogP contribution in [0, 0.1) is 0 Å². The molecule has 1 unspecified atom stereocenters. The molecule has 2 fully saturated rings. The fourth-order valence-electron chi connectivity index (χ4n) is 6.79. The molecule has 2 heterocycles. The van der Waals surface area contributed by atoms with Gasteiger partial charge < -0.3 is 29.7 Å². The third kappa shape index (κ3) is 6.48. The van der Waals surface area contributed by atoms with E-state index < -0.39 is 5.41 Å². The molecule has 0 aliphatic carbocycles. The van der Waals surface area contributed by atoms with Crippen molar-refractivity contribution in [3.05, 3.63) is 88.4 Å². The van der Waals surface area contributed by atoms with E-state index in [1.54, 1.807) is 33.5 Å². The summed E-state index contributed by atoms with van der Waals surface area (Å²) in [5.74, 6) is 1.00. The topological polar surface area (TPSA) is 94.3 Å². The summed E-state index contributed by atoms with van der Waals surface area (Å²) in [6.45, 7) is 3.60. The maximum atomic E-state index is 13.8. The van der Waals surface area contributed by atoms with Gasteiger partial charge in [-0.05, 0) is 80.7 Å². The molecular formula is C34H41Cl2N3O5. The van der Waals surface area contributed by atoms with Crippen LogP contribution in [-0.4, -0.2) is 75.7 Å². The highest BCUT2D eigenvalue weighted by atomic mass is 35.5. The normalized spacial score (nSPS) is 19.6. The van der Waals surface area contributed by atoms with E-state index in [4.69, 9.17) is 31.5 Å². The number of rotatable bonds is 10. The van der Waals surface area contributed by atoms with Crippen LogP contribution in [0.5, 0.6) is 17.2 Å². The van der Waals surface area contributed by atoms with Gasteiger partial charge in [-0.15, -0.1) is 12.4 Å². The molecule has 2 saturated heterocycles. The number of carbonyl (C=O) groups is 2. The summed E-state index contributed by atoms with van der Waals surface area (Å²) in [7, 11) is 4.63. The zero-order valence-electron chi connectivity index (χ0n) is 25.5. The van der Waals surface area contributed by atoms with Crippen LogP contribution < -0.4 is 19.9 Å². The summed E-state index contributed by atoms with van der Waals surface area (Å²) >= 11 is 6.26. The van der Waals surface area contributed by atoms with Crippen LogP contribution >= 0.6 is 24.0 Å². The molecule has 5 rings (SSSR count). The summed E-state index contributed by atoms with van der Waals surface area (Å²) in [5.41, 5.74) is 7.76. The molecule has 1 atom stereocenters. The first-order valence-corrected chi connectivity index (χ1v) is 15.1. The highest BCUT2D eigenvalue weighted by Gasteiger charge is 2.44. The van der Waals surface area contributed by atoms with Crippen molar-refractivity contribution in [1.82, 2.24) is 9.80 Å². The molecule has 0 aromatic heterocycles. The Hall–Kier alpha value is -3.46. The van der Waals surface area contributed by atoms with Gasteiger partial charge in [0.05, 0.1) is 26.7 Å². The number of ether oxygens (including phenoxy) is 3. The number of primary amides is 1. The van der Waals surface area contributed by atoms with Crippen LogP contribution in [0.15, 0.2) is 66.7 Å². The van der Waals surface area contributed by atoms with Gasteiger partial charge in [-0.1, -0.05) is 54.1 Å². The van der Waals surface area contributed by atoms with Crippen LogP contribution in [0.4, 0.5) is 0 Å². The van der Waals surface area contributed by atoms with Crippen molar-refractivity contribution in [3.8, 4) is 17.2 Å². The van der Waals surface area contributed by atoms with Crippen LogP contribution in [0.25, 0.3) is 0 Å². The molecule has 8 nitrogen and oxygen atoms in total. The van der Waals surface area contributed by atoms with Gasteiger partial charge in [0.2, 0.25) is 11.7 Å². The van der Waals surface area contributed by atoms with Gasteiger partial charge in [-0.25, -0.2) is 0 Å². The lowest BCUT2D eigenvalue weighted by molar-refractivity contribution is -0.125. The molecular weight excluding hydrogens is 601 g/mol. The second-order valence-electron chi connectivity index (χ2n) is 11.6. The number of benzene rings is 3. The maximum Gasteiger partial charge on any atom is 0.254 e. The predicted octanol–water partition coefficient (Wildman–Crippen LogP) is 5.48. The Bertz CT molecular complexity index is 1420. The number of carbonyl (C=O) groups excluding carboxylic acids is 2. The summed E-state index contributed by atoms with van der Waals surface area (Å²) in [6.07, 6.45) is 3.06. The summed E-state index contributed by atoms with van der Waals surface area (Å²) in [6, 6.07) is 21.3. The molecule has 0 saturated carbocycles. The third-order valence-corrected chi connectivity index (χ3v) is 9.68. The van der Waals surface area contributed by atoms with Crippen LogP contribution in [0.3, 0.4) is 0 Å². The Morgan fingerprint density at radius 2 is 1.45 bits per heavy atom. The lowest BCUT2D eigenvalue weighted by Crippen LogP contribution is -2.50. The van der Waals surface area contributed by atoms with Crippen molar-refractivity contribution < 1.29 is 23.8 Å². The number of amides is 2. The van der Waals surface area contributed by atoms with Crippen molar-refractivity contribution in [1.29, 1.82) is 0 Å². The molecule has 2 N–H and O–H groups in total. The molecule has 236 valence electrons. The maximum absolute atomic E-state index is 13.8. The van der Waals surface area contributed by atoms with Gasteiger partial charge in [0.25, 0.3) is 5.91 Å². The smallest absolute Gasteiger partial charge is 0.254 e. The van der Waals surface area contributed by atoms with E-state index in [0.717, 1.165) is 38.0 Å². The minimum Gasteiger partial charge on any atom is -0.493 e. The average molecular weight is 643 g/mol. The number of nitrogens with zero attached hydrogens (tertiary/aromatic N) is 2. The van der Waals surface area contributed by atoms with Crippen molar-refractivity contribution in [3.63, 3.8) is 0 Å². The molecule has 2 aliphatic heterocycles. The first kappa shape index (κ1) is 33.4. The van der Waals surface area contributed by atoms with E-state index in [1.807, 2.05) is 47.4 Å². The Kier molecular flexibility index (Phi) is 10.7.